The molecule has 260 valence electrons. The number of hydrogen-bond donors (Lipinski definition) is 2. The normalized spacial score (nSPS) is 24.6. The summed E-state index contributed by atoms with van der Waals surface area (Å²) in [6.07, 6.45) is -0.0743. The van der Waals surface area contributed by atoms with Crippen LogP contribution in [0, 0.1) is 23.0 Å². The van der Waals surface area contributed by atoms with Gasteiger partial charge in [-0.05, 0) is 56.3 Å². The van der Waals surface area contributed by atoms with Crippen molar-refractivity contribution in [2.24, 2.45) is 0 Å². The maximum absolute atomic E-state index is 17.0. The minimum Gasteiger partial charge on any atom is -0.461 e. The van der Waals surface area contributed by atoms with Crippen molar-refractivity contribution >= 4 is 54.7 Å². The summed E-state index contributed by atoms with van der Waals surface area (Å²) in [7, 11) is 0. The largest absolute Gasteiger partial charge is 0.461 e. The van der Waals surface area contributed by atoms with Crippen LogP contribution in [0.25, 0.3) is 32.1 Å². The summed E-state index contributed by atoms with van der Waals surface area (Å²) in [5.41, 5.74) is 4.06. The van der Waals surface area contributed by atoms with Crippen molar-refractivity contribution in [1.29, 1.82) is 5.26 Å². The smallest absolute Gasteiger partial charge is 0.319 e. The number of thiophene rings is 1. The van der Waals surface area contributed by atoms with E-state index in [1.54, 1.807) is 4.90 Å². The fraction of sp³-hybridized carbons (Fsp3) is 0.382. The van der Waals surface area contributed by atoms with E-state index in [-0.39, 0.29) is 97.3 Å². The molecule has 3 atom stereocenters. The lowest BCUT2D eigenvalue weighted by atomic mass is 9.94. The van der Waals surface area contributed by atoms with Crippen LogP contribution in [-0.2, 0) is 0 Å². The number of rotatable bonds is 6. The van der Waals surface area contributed by atoms with E-state index in [9.17, 15) is 27.2 Å². The molecule has 8 rings (SSSR count). The molecule has 2 bridgehead atoms. The van der Waals surface area contributed by atoms with E-state index in [0.717, 1.165) is 29.9 Å². The van der Waals surface area contributed by atoms with Gasteiger partial charge in [0.05, 0.1) is 26.4 Å². The molecule has 0 spiro atoms. The number of benzene rings is 2. The molecule has 4 aromatic rings. The molecule has 2 unspecified atom stereocenters. The summed E-state index contributed by atoms with van der Waals surface area (Å²) in [6, 6.07) is 5.50. The standard InChI is InChI=1S/C34H28ClF6N7OS/c35-21-8-19-27(26(39)25(21)18-2-3-22(36)28-24(18)20(11-42)30(43)50-28)44-32(49-15-34-5-1-7-48(34)12-16(9-34)29(40)41)45-31(19)47-13-17-4-6-33(14-47,46-17)10-23(37)38/h2-3,8,10,17,46H,1,4-7,9,12-15,43H2/t17?,33?,34-/m0/s1. The monoisotopic (exact) mass is 731 g/mol. The van der Waals surface area contributed by atoms with Crippen LogP contribution in [0.2, 0.25) is 5.02 Å². The fourth-order valence-electron chi connectivity index (χ4n) is 8.33. The average Bonchev–Trinajstić information content (AvgIpc) is 3.80. The molecule has 4 saturated heterocycles. The van der Waals surface area contributed by atoms with Gasteiger partial charge in [0.15, 0.2) is 5.82 Å². The molecule has 0 amide bonds. The lowest BCUT2D eigenvalue weighted by Crippen LogP contribution is -2.59. The zero-order valence-electron chi connectivity index (χ0n) is 26.2. The number of ether oxygens (including phenoxy) is 1. The number of fused-ring (bicyclic) bond motifs is 5. The molecule has 4 aliphatic heterocycles. The van der Waals surface area contributed by atoms with Gasteiger partial charge in [-0.25, -0.2) is 8.78 Å². The predicted molar refractivity (Wildman–Crippen MR) is 179 cm³/mol. The third kappa shape index (κ3) is 5.26. The second-order valence-corrected chi connectivity index (χ2v) is 14.9. The van der Waals surface area contributed by atoms with Crippen molar-refractivity contribution in [3.05, 3.63) is 64.2 Å². The van der Waals surface area contributed by atoms with Crippen LogP contribution in [0.5, 0.6) is 6.01 Å². The fourth-order valence-corrected chi connectivity index (χ4v) is 9.57. The number of aromatic nitrogens is 2. The topological polar surface area (TPSA) is 103 Å². The van der Waals surface area contributed by atoms with Crippen molar-refractivity contribution in [1.82, 2.24) is 20.2 Å². The predicted octanol–water partition coefficient (Wildman–Crippen LogP) is 7.76. The van der Waals surface area contributed by atoms with Gasteiger partial charge in [0.25, 0.3) is 12.2 Å². The highest BCUT2D eigenvalue weighted by molar-refractivity contribution is 7.23. The van der Waals surface area contributed by atoms with Crippen LogP contribution in [0.15, 0.2) is 42.0 Å². The molecule has 2 aromatic carbocycles. The molecule has 0 radical (unpaired) electrons. The number of nitrogens with zero attached hydrogens (tertiary/aromatic N) is 5. The van der Waals surface area contributed by atoms with Crippen LogP contribution < -0.4 is 20.7 Å². The zero-order chi connectivity index (χ0) is 35.1. The van der Waals surface area contributed by atoms with Crippen molar-refractivity contribution in [2.45, 2.75) is 49.2 Å². The van der Waals surface area contributed by atoms with Gasteiger partial charge in [-0.1, -0.05) is 17.7 Å². The Morgan fingerprint density at radius 2 is 2.04 bits per heavy atom. The lowest BCUT2D eigenvalue weighted by Gasteiger charge is -2.40. The first kappa shape index (κ1) is 33.1. The molecule has 8 nitrogen and oxygen atoms in total. The molecule has 50 heavy (non-hydrogen) atoms. The first-order chi connectivity index (χ1) is 23.9. The molecule has 4 aliphatic rings. The number of nitriles is 1. The molecular formula is C34H28ClF6N7OS. The first-order valence-electron chi connectivity index (χ1n) is 16.0. The van der Waals surface area contributed by atoms with E-state index in [2.05, 4.69) is 15.3 Å². The van der Waals surface area contributed by atoms with Crippen LogP contribution in [0.3, 0.4) is 0 Å². The lowest BCUT2D eigenvalue weighted by molar-refractivity contribution is 0.108. The van der Waals surface area contributed by atoms with E-state index >= 15 is 4.39 Å². The minimum atomic E-state index is -1.83. The van der Waals surface area contributed by atoms with Crippen LogP contribution in [0.1, 0.15) is 37.7 Å². The molecule has 0 saturated carbocycles. The Bertz CT molecular complexity index is 2200. The summed E-state index contributed by atoms with van der Waals surface area (Å²) >= 11 is 7.67. The maximum atomic E-state index is 17.0. The van der Waals surface area contributed by atoms with Crippen LogP contribution >= 0.6 is 22.9 Å². The summed E-state index contributed by atoms with van der Waals surface area (Å²) < 4.78 is 92.7. The molecule has 0 aliphatic carbocycles. The Balaban J connectivity index is 1.29. The quantitative estimate of drug-likeness (QED) is 0.194. The van der Waals surface area contributed by atoms with Gasteiger partial charge in [-0.3, -0.25) is 4.90 Å². The van der Waals surface area contributed by atoms with E-state index in [1.807, 2.05) is 11.0 Å². The first-order valence-corrected chi connectivity index (χ1v) is 17.2. The maximum Gasteiger partial charge on any atom is 0.319 e. The number of nitrogen functional groups attached to an aromatic ring is 1. The summed E-state index contributed by atoms with van der Waals surface area (Å²) in [5.74, 6) is -1.35. The number of nitrogens with two attached hydrogens (primary N) is 1. The van der Waals surface area contributed by atoms with Gasteiger partial charge >= 0.3 is 6.01 Å². The number of hydrogen-bond acceptors (Lipinski definition) is 9. The van der Waals surface area contributed by atoms with Crippen molar-refractivity contribution in [2.75, 3.05) is 43.4 Å². The third-order valence-corrected chi connectivity index (χ3v) is 11.8. The molecule has 4 fully saturated rings. The van der Waals surface area contributed by atoms with Crippen LogP contribution in [-0.4, -0.2) is 64.8 Å². The van der Waals surface area contributed by atoms with E-state index in [0.29, 0.717) is 32.4 Å². The highest BCUT2D eigenvalue weighted by Crippen LogP contribution is 2.47. The van der Waals surface area contributed by atoms with Gasteiger partial charge in [0.2, 0.25) is 0 Å². The number of piperazine rings is 1. The molecular weight excluding hydrogens is 704 g/mol. The average molecular weight is 732 g/mol. The van der Waals surface area contributed by atoms with Crippen molar-refractivity contribution in [3.63, 3.8) is 0 Å². The summed E-state index contributed by atoms with van der Waals surface area (Å²) in [4.78, 5) is 12.9. The van der Waals surface area contributed by atoms with E-state index in [1.165, 1.54) is 12.1 Å². The number of halogens is 7. The zero-order valence-corrected chi connectivity index (χ0v) is 27.8. The van der Waals surface area contributed by atoms with E-state index in [4.69, 9.17) is 22.1 Å². The van der Waals surface area contributed by atoms with Crippen molar-refractivity contribution in [3.8, 4) is 23.2 Å². The van der Waals surface area contributed by atoms with Gasteiger partial charge in [-0.15, -0.1) is 11.3 Å². The van der Waals surface area contributed by atoms with Crippen LogP contribution in [0.4, 0.5) is 37.2 Å². The second-order valence-electron chi connectivity index (χ2n) is 13.5. The molecule has 2 aromatic heterocycles. The number of anilines is 2. The Hall–Kier alpha value is -4.10. The molecule has 6 heterocycles. The van der Waals surface area contributed by atoms with Gasteiger partial charge in [0, 0.05) is 53.7 Å². The molecule has 16 heteroatoms. The van der Waals surface area contributed by atoms with Gasteiger partial charge < -0.3 is 20.7 Å². The third-order valence-electron chi connectivity index (χ3n) is 10.5. The second kappa shape index (κ2) is 12.0. The van der Waals surface area contributed by atoms with Gasteiger partial charge in [0.1, 0.15) is 34.8 Å². The number of nitrogens with one attached hydrogen (secondary N) is 1. The Morgan fingerprint density at radius 3 is 2.80 bits per heavy atom. The molecule has 3 N–H and O–H groups in total. The Morgan fingerprint density at radius 1 is 1.22 bits per heavy atom. The van der Waals surface area contributed by atoms with E-state index < -0.39 is 34.9 Å². The summed E-state index contributed by atoms with van der Waals surface area (Å²) in [6.45, 7) is 1.13. The highest BCUT2D eigenvalue weighted by Gasteiger charge is 2.49. The van der Waals surface area contributed by atoms with Gasteiger partial charge in [-0.2, -0.15) is 32.8 Å². The highest BCUT2D eigenvalue weighted by atomic mass is 35.5. The van der Waals surface area contributed by atoms with Crippen molar-refractivity contribution < 1.29 is 31.1 Å². The summed E-state index contributed by atoms with van der Waals surface area (Å²) in [5, 5.41) is 13.4. The minimum absolute atomic E-state index is 0.0210. The Labute approximate surface area is 290 Å². The Kier molecular flexibility index (Phi) is 7.94. The SMILES string of the molecule is N#Cc1c(N)sc2c(F)ccc(-c3c(Cl)cc4c(N5CC6CCC(C=C(F)F)(C5)N6)nc(OC[C@@]56CCCN5CC(=C(F)F)C6)nc4c3F)c12.